The predicted molar refractivity (Wildman–Crippen MR) is 94.7 cm³/mol. The maximum absolute atomic E-state index is 11.7. The van der Waals surface area contributed by atoms with Crippen molar-refractivity contribution in [2.45, 2.75) is 62.6 Å². The summed E-state index contributed by atoms with van der Waals surface area (Å²) in [6.45, 7) is 0.617. The highest BCUT2D eigenvalue weighted by molar-refractivity contribution is 7.91. The zero-order chi connectivity index (χ0) is 16.8. The Morgan fingerprint density at radius 2 is 1.83 bits per heavy atom. The molecule has 2 aliphatic carbocycles. The van der Waals surface area contributed by atoms with Crippen LogP contribution in [0.25, 0.3) is 0 Å². The zero-order valence-corrected chi connectivity index (χ0v) is 15.0. The van der Waals surface area contributed by atoms with Crippen molar-refractivity contribution in [3.63, 3.8) is 0 Å². The minimum Gasteiger partial charge on any atom is -0.388 e. The minimum absolute atomic E-state index is 0.128. The molecule has 0 unspecified atom stereocenters. The molecule has 4 rings (SSSR count). The molecule has 1 saturated heterocycles. The number of sulfone groups is 1. The van der Waals surface area contributed by atoms with E-state index in [2.05, 4.69) is 29.2 Å². The van der Waals surface area contributed by atoms with Gasteiger partial charge >= 0.3 is 0 Å². The molecule has 0 amide bonds. The lowest BCUT2D eigenvalue weighted by molar-refractivity contribution is -0.0221. The molecule has 1 aliphatic heterocycles. The Labute approximate surface area is 144 Å². The number of fused-ring (bicyclic) bond motifs is 1. The van der Waals surface area contributed by atoms with Crippen LogP contribution in [0.5, 0.6) is 0 Å². The molecule has 1 N–H and O–H groups in total. The van der Waals surface area contributed by atoms with E-state index in [0.29, 0.717) is 31.5 Å². The Morgan fingerprint density at radius 1 is 1.12 bits per heavy atom. The Hall–Kier alpha value is -0.910. The molecule has 132 valence electrons. The van der Waals surface area contributed by atoms with Gasteiger partial charge in [-0.15, -0.1) is 0 Å². The third-order valence-corrected chi connectivity index (χ3v) is 7.64. The molecule has 3 aliphatic rings. The SMILES string of the molecule is O=S1(=O)CCC(O)(CN(C2CC2)[C@@H]2CCCc3ccccc32)CC1. The van der Waals surface area contributed by atoms with Crippen LogP contribution in [0.3, 0.4) is 0 Å². The molecule has 1 saturated carbocycles. The fraction of sp³-hybridized carbons (Fsp3) is 0.684. The first kappa shape index (κ1) is 16.6. The molecule has 0 radical (unpaired) electrons. The molecule has 1 aromatic carbocycles. The van der Waals surface area contributed by atoms with E-state index in [-0.39, 0.29) is 11.5 Å². The molecule has 2 fully saturated rings. The number of hydrogen-bond donors (Lipinski definition) is 1. The molecule has 1 heterocycles. The zero-order valence-electron chi connectivity index (χ0n) is 14.2. The van der Waals surface area contributed by atoms with Crippen LogP contribution in [0.1, 0.15) is 55.7 Å². The van der Waals surface area contributed by atoms with Gasteiger partial charge in [0.05, 0.1) is 17.1 Å². The normalized spacial score (nSPS) is 28.5. The van der Waals surface area contributed by atoms with Gasteiger partial charge in [-0.05, 0) is 56.1 Å². The van der Waals surface area contributed by atoms with Gasteiger partial charge in [0.2, 0.25) is 0 Å². The number of aryl methyl sites for hydroxylation is 1. The first-order valence-electron chi connectivity index (χ1n) is 9.22. The first-order chi connectivity index (χ1) is 11.5. The molecule has 0 bridgehead atoms. The molecule has 5 heteroatoms. The average molecular weight is 349 g/mol. The lowest BCUT2D eigenvalue weighted by Gasteiger charge is -2.42. The van der Waals surface area contributed by atoms with Crippen molar-refractivity contribution in [1.29, 1.82) is 0 Å². The molecular weight excluding hydrogens is 322 g/mol. The molecule has 4 nitrogen and oxygen atoms in total. The molecular formula is C19H27NO3S. The van der Waals surface area contributed by atoms with Crippen molar-refractivity contribution in [2.75, 3.05) is 18.1 Å². The number of rotatable bonds is 4. The summed E-state index contributed by atoms with van der Waals surface area (Å²) in [6.07, 6.45) is 6.65. The summed E-state index contributed by atoms with van der Waals surface area (Å²) in [7, 11) is -2.95. The highest BCUT2D eigenvalue weighted by Crippen LogP contribution is 2.42. The quantitative estimate of drug-likeness (QED) is 0.907. The number of benzene rings is 1. The van der Waals surface area contributed by atoms with Gasteiger partial charge in [0.25, 0.3) is 0 Å². The van der Waals surface area contributed by atoms with Gasteiger partial charge < -0.3 is 5.11 Å². The van der Waals surface area contributed by atoms with E-state index in [9.17, 15) is 13.5 Å². The molecule has 24 heavy (non-hydrogen) atoms. The average Bonchev–Trinajstić information content (AvgIpc) is 3.41. The van der Waals surface area contributed by atoms with Crippen LogP contribution >= 0.6 is 0 Å². The van der Waals surface area contributed by atoms with E-state index in [1.54, 1.807) is 0 Å². The fourth-order valence-corrected chi connectivity index (χ4v) is 5.97. The summed E-state index contributed by atoms with van der Waals surface area (Å²) < 4.78 is 23.4. The van der Waals surface area contributed by atoms with E-state index < -0.39 is 15.4 Å². The van der Waals surface area contributed by atoms with E-state index >= 15 is 0 Å². The summed E-state index contributed by atoms with van der Waals surface area (Å²) in [5.74, 6) is 0.256. The van der Waals surface area contributed by atoms with Gasteiger partial charge in [-0.3, -0.25) is 4.90 Å². The largest absolute Gasteiger partial charge is 0.388 e. The van der Waals surface area contributed by atoms with Crippen LogP contribution in [-0.2, 0) is 16.3 Å². The van der Waals surface area contributed by atoms with Crippen LogP contribution in [0.15, 0.2) is 24.3 Å². The summed E-state index contributed by atoms with van der Waals surface area (Å²) in [6, 6.07) is 9.64. The molecule has 1 atom stereocenters. The van der Waals surface area contributed by atoms with Crippen molar-refractivity contribution in [3.05, 3.63) is 35.4 Å². The lowest BCUT2D eigenvalue weighted by Crippen LogP contribution is -2.50. The van der Waals surface area contributed by atoms with Crippen LogP contribution in [0.4, 0.5) is 0 Å². The number of nitrogens with zero attached hydrogens (tertiary/aromatic N) is 1. The third-order valence-electron chi connectivity index (χ3n) is 5.99. The molecule has 1 aromatic rings. The minimum atomic E-state index is -2.95. The van der Waals surface area contributed by atoms with E-state index in [1.807, 2.05) is 0 Å². The van der Waals surface area contributed by atoms with E-state index in [1.165, 1.54) is 30.4 Å². The first-order valence-corrected chi connectivity index (χ1v) is 11.0. The second kappa shape index (κ2) is 6.11. The molecule has 0 spiro atoms. The molecule has 0 aromatic heterocycles. The second-order valence-electron chi connectivity index (χ2n) is 7.89. The monoisotopic (exact) mass is 349 g/mol. The topological polar surface area (TPSA) is 57.6 Å². The summed E-state index contributed by atoms with van der Waals surface area (Å²) in [5, 5.41) is 11.0. The highest BCUT2D eigenvalue weighted by atomic mass is 32.2. The van der Waals surface area contributed by atoms with Crippen molar-refractivity contribution in [1.82, 2.24) is 4.90 Å². The Morgan fingerprint density at radius 3 is 2.54 bits per heavy atom. The fourth-order valence-electron chi connectivity index (χ4n) is 4.39. The maximum Gasteiger partial charge on any atom is 0.150 e. The van der Waals surface area contributed by atoms with Crippen molar-refractivity contribution in [3.8, 4) is 0 Å². The van der Waals surface area contributed by atoms with Crippen molar-refractivity contribution in [2.24, 2.45) is 0 Å². The summed E-state index contributed by atoms with van der Waals surface area (Å²) in [5.41, 5.74) is 2.01. The number of hydrogen-bond acceptors (Lipinski definition) is 4. The third kappa shape index (κ3) is 3.39. The summed E-state index contributed by atoms with van der Waals surface area (Å²) >= 11 is 0. The predicted octanol–water partition coefficient (Wildman–Crippen LogP) is 2.47. The highest BCUT2D eigenvalue weighted by Gasteiger charge is 2.43. The van der Waals surface area contributed by atoms with Gasteiger partial charge in [0.15, 0.2) is 9.84 Å². The Balaban J connectivity index is 1.56. The van der Waals surface area contributed by atoms with Gasteiger partial charge in [-0.1, -0.05) is 24.3 Å². The lowest BCUT2D eigenvalue weighted by atomic mass is 9.85. The van der Waals surface area contributed by atoms with E-state index in [0.717, 1.165) is 12.8 Å². The van der Waals surface area contributed by atoms with Crippen LogP contribution in [0.2, 0.25) is 0 Å². The Kier molecular flexibility index (Phi) is 4.22. The van der Waals surface area contributed by atoms with Gasteiger partial charge in [-0.2, -0.15) is 0 Å². The summed E-state index contributed by atoms with van der Waals surface area (Å²) in [4.78, 5) is 2.50. The standard InChI is InChI=1S/C19H27NO3S/c21-19(10-12-24(22,23)13-11-19)14-20(16-8-9-16)18-7-3-5-15-4-1-2-6-17(15)18/h1-2,4,6,16,18,21H,3,5,7-14H2/t18-/m1/s1. The maximum atomic E-state index is 11.7. The van der Waals surface area contributed by atoms with Crippen molar-refractivity contribution >= 4 is 9.84 Å². The Bertz CT molecular complexity index is 697. The van der Waals surface area contributed by atoms with E-state index in [4.69, 9.17) is 0 Å². The van der Waals surface area contributed by atoms with Gasteiger partial charge in [0.1, 0.15) is 0 Å². The van der Waals surface area contributed by atoms with Gasteiger partial charge in [0, 0.05) is 18.6 Å². The van der Waals surface area contributed by atoms with Crippen LogP contribution in [0, 0.1) is 0 Å². The van der Waals surface area contributed by atoms with Crippen LogP contribution in [-0.4, -0.2) is 48.1 Å². The smallest absolute Gasteiger partial charge is 0.150 e. The van der Waals surface area contributed by atoms with Crippen LogP contribution < -0.4 is 0 Å². The second-order valence-corrected chi connectivity index (χ2v) is 10.2. The van der Waals surface area contributed by atoms with Crippen molar-refractivity contribution < 1.29 is 13.5 Å². The number of aliphatic hydroxyl groups is 1. The van der Waals surface area contributed by atoms with Gasteiger partial charge in [-0.25, -0.2) is 8.42 Å².